The fourth-order valence-corrected chi connectivity index (χ4v) is 3.56. The van der Waals surface area contributed by atoms with Crippen molar-refractivity contribution in [2.75, 3.05) is 13.7 Å². The van der Waals surface area contributed by atoms with Crippen LogP contribution in [0, 0.1) is 5.41 Å². The highest BCUT2D eigenvalue weighted by molar-refractivity contribution is 9.10. The molecule has 1 unspecified atom stereocenters. The molecule has 0 aliphatic rings. The number of nitrogens with zero attached hydrogens (tertiary/aromatic N) is 1. The number of ketones is 1. The Labute approximate surface area is 152 Å². The Bertz CT molecular complexity index is 746. The van der Waals surface area contributed by atoms with Crippen molar-refractivity contribution >= 4 is 39.0 Å². The molecule has 128 valence electrons. The highest BCUT2D eigenvalue weighted by atomic mass is 79.9. The summed E-state index contributed by atoms with van der Waals surface area (Å²) in [6, 6.07) is 7.78. The normalized spacial score (nSPS) is 13.5. The molecule has 0 aliphatic heterocycles. The van der Waals surface area contributed by atoms with Gasteiger partial charge in [-0.15, -0.1) is 11.3 Å². The standard InChI is InChI=1S/C17H18BrNO4S/c1-17(10-23-2,16(21)22)8-14(20)7-13-9-24-15(19-13)11-4-3-5-12(18)6-11/h3-6,9H,7-8,10H2,1-2H3,(H,21,22). The fourth-order valence-electron chi connectivity index (χ4n) is 2.35. The molecule has 5 nitrogen and oxygen atoms in total. The van der Waals surface area contributed by atoms with Crippen molar-refractivity contribution in [3.8, 4) is 10.6 Å². The van der Waals surface area contributed by atoms with Gasteiger partial charge in [-0.1, -0.05) is 28.1 Å². The zero-order chi connectivity index (χ0) is 17.7. The van der Waals surface area contributed by atoms with E-state index < -0.39 is 11.4 Å². The first-order valence-corrected chi connectivity index (χ1v) is 8.96. The van der Waals surface area contributed by atoms with Gasteiger partial charge in [0.1, 0.15) is 10.8 Å². The maximum atomic E-state index is 12.2. The highest BCUT2D eigenvalue weighted by Gasteiger charge is 2.35. The van der Waals surface area contributed by atoms with Crippen LogP contribution in [0.25, 0.3) is 10.6 Å². The second-order valence-corrected chi connectivity index (χ2v) is 7.62. The minimum Gasteiger partial charge on any atom is -0.481 e. The molecule has 0 aliphatic carbocycles. The Morgan fingerprint density at radius 3 is 2.79 bits per heavy atom. The number of aromatic nitrogens is 1. The molecule has 0 saturated heterocycles. The third kappa shape index (κ3) is 4.72. The number of Topliss-reactive ketones (excluding diaryl/α,β-unsaturated/α-hetero) is 1. The number of ether oxygens (including phenoxy) is 1. The number of carboxylic acids is 1. The number of hydrogen-bond donors (Lipinski definition) is 1. The Hall–Kier alpha value is -1.57. The summed E-state index contributed by atoms with van der Waals surface area (Å²) in [7, 11) is 1.43. The molecule has 0 fully saturated rings. The van der Waals surface area contributed by atoms with Crippen LogP contribution in [0.1, 0.15) is 19.0 Å². The molecule has 0 spiro atoms. The van der Waals surface area contributed by atoms with Gasteiger partial charge in [0.25, 0.3) is 0 Å². The Morgan fingerprint density at radius 1 is 1.42 bits per heavy atom. The molecule has 0 amide bonds. The molecule has 0 saturated carbocycles. The molecule has 1 aromatic heterocycles. The summed E-state index contributed by atoms with van der Waals surface area (Å²) in [5.74, 6) is -1.20. The molecule has 24 heavy (non-hydrogen) atoms. The lowest BCUT2D eigenvalue weighted by Crippen LogP contribution is -2.35. The van der Waals surface area contributed by atoms with Crippen LogP contribution in [-0.2, 0) is 20.7 Å². The number of aliphatic carboxylic acids is 1. The Morgan fingerprint density at radius 2 is 2.17 bits per heavy atom. The van der Waals surface area contributed by atoms with Gasteiger partial charge in [0.15, 0.2) is 0 Å². The predicted octanol–water partition coefficient (Wildman–Crippen LogP) is 3.81. The van der Waals surface area contributed by atoms with Gasteiger partial charge in [-0.2, -0.15) is 0 Å². The van der Waals surface area contributed by atoms with Crippen molar-refractivity contribution in [2.45, 2.75) is 19.8 Å². The number of carbonyl (C=O) groups is 2. The van der Waals surface area contributed by atoms with Crippen LogP contribution in [0.3, 0.4) is 0 Å². The summed E-state index contributed by atoms with van der Waals surface area (Å²) >= 11 is 4.89. The van der Waals surface area contributed by atoms with E-state index in [2.05, 4.69) is 20.9 Å². The van der Waals surface area contributed by atoms with Crippen LogP contribution < -0.4 is 0 Å². The number of hydrogen-bond acceptors (Lipinski definition) is 5. The van der Waals surface area contributed by atoms with Gasteiger partial charge in [0, 0.05) is 35.4 Å². The van der Waals surface area contributed by atoms with Gasteiger partial charge in [0.05, 0.1) is 17.7 Å². The first kappa shape index (κ1) is 18.8. The van der Waals surface area contributed by atoms with Crippen LogP contribution in [0.5, 0.6) is 0 Å². The van der Waals surface area contributed by atoms with Crippen LogP contribution in [0.4, 0.5) is 0 Å². The van der Waals surface area contributed by atoms with Gasteiger partial charge >= 0.3 is 5.97 Å². The molecule has 1 N–H and O–H groups in total. The maximum Gasteiger partial charge on any atom is 0.312 e. The van der Waals surface area contributed by atoms with Gasteiger partial charge < -0.3 is 9.84 Å². The summed E-state index contributed by atoms with van der Waals surface area (Å²) in [5, 5.41) is 12.0. The van der Waals surface area contributed by atoms with Gasteiger partial charge in [-0.25, -0.2) is 4.98 Å². The van der Waals surface area contributed by atoms with E-state index in [0.29, 0.717) is 5.69 Å². The minimum atomic E-state index is -1.21. The quantitative estimate of drug-likeness (QED) is 0.714. The van der Waals surface area contributed by atoms with Crippen LogP contribution >= 0.6 is 27.3 Å². The monoisotopic (exact) mass is 411 g/mol. The van der Waals surface area contributed by atoms with Crippen LogP contribution in [-0.4, -0.2) is 35.6 Å². The lowest BCUT2D eigenvalue weighted by molar-refractivity contribution is -0.153. The molecule has 1 aromatic carbocycles. The third-order valence-electron chi connectivity index (χ3n) is 3.57. The molecule has 2 rings (SSSR count). The zero-order valence-corrected chi connectivity index (χ0v) is 15.8. The van der Waals surface area contributed by atoms with Crippen molar-refractivity contribution in [1.29, 1.82) is 0 Å². The first-order chi connectivity index (χ1) is 11.3. The molecule has 1 atom stereocenters. The molecular weight excluding hydrogens is 394 g/mol. The van der Waals surface area contributed by atoms with Crippen LogP contribution in [0.15, 0.2) is 34.1 Å². The van der Waals surface area contributed by atoms with E-state index in [1.54, 1.807) is 0 Å². The summed E-state index contributed by atoms with van der Waals surface area (Å²) in [6.07, 6.45) is 0.0387. The summed E-state index contributed by atoms with van der Waals surface area (Å²) in [5.41, 5.74) is 0.419. The summed E-state index contributed by atoms with van der Waals surface area (Å²) in [4.78, 5) is 28.1. The molecule has 0 radical (unpaired) electrons. The van der Waals surface area contributed by atoms with E-state index in [1.165, 1.54) is 25.4 Å². The fraction of sp³-hybridized carbons (Fsp3) is 0.353. The topological polar surface area (TPSA) is 76.5 Å². The molecular formula is C17H18BrNO4S. The lowest BCUT2D eigenvalue weighted by atomic mass is 9.85. The number of thiazole rings is 1. The number of halogens is 1. The smallest absolute Gasteiger partial charge is 0.312 e. The average Bonchev–Trinajstić information content (AvgIpc) is 2.95. The molecule has 2 aromatic rings. The van der Waals surface area contributed by atoms with Crippen molar-refractivity contribution in [3.63, 3.8) is 0 Å². The minimum absolute atomic E-state index is 0.00552. The maximum absolute atomic E-state index is 12.2. The second-order valence-electron chi connectivity index (χ2n) is 5.85. The third-order valence-corrected chi connectivity index (χ3v) is 5.00. The number of carboxylic acid groups (broad SMARTS) is 1. The molecule has 7 heteroatoms. The second kappa shape index (κ2) is 8.00. The van der Waals surface area contributed by atoms with E-state index in [9.17, 15) is 14.7 Å². The molecule has 1 heterocycles. The lowest BCUT2D eigenvalue weighted by Gasteiger charge is -2.22. The van der Waals surface area contributed by atoms with E-state index >= 15 is 0 Å². The van der Waals surface area contributed by atoms with E-state index in [-0.39, 0.29) is 25.2 Å². The summed E-state index contributed by atoms with van der Waals surface area (Å²) < 4.78 is 5.90. The predicted molar refractivity (Wildman–Crippen MR) is 96.2 cm³/mol. The van der Waals surface area contributed by atoms with Gasteiger partial charge in [0.2, 0.25) is 0 Å². The SMILES string of the molecule is COCC(C)(CC(=O)Cc1csc(-c2cccc(Br)c2)n1)C(=O)O. The van der Waals surface area contributed by atoms with Crippen LogP contribution in [0.2, 0.25) is 0 Å². The number of rotatable bonds is 8. The average molecular weight is 412 g/mol. The number of benzene rings is 1. The van der Waals surface area contributed by atoms with E-state index in [4.69, 9.17) is 4.74 Å². The number of methoxy groups -OCH3 is 1. The van der Waals surface area contributed by atoms with Gasteiger partial charge in [-0.05, 0) is 19.1 Å². The largest absolute Gasteiger partial charge is 0.481 e. The van der Waals surface area contributed by atoms with Crippen molar-refractivity contribution < 1.29 is 19.4 Å². The van der Waals surface area contributed by atoms with Gasteiger partial charge in [-0.3, -0.25) is 9.59 Å². The van der Waals surface area contributed by atoms with Crippen molar-refractivity contribution in [1.82, 2.24) is 4.98 Å². The number of carbonyl (C=O) groups excluding carboxylic acids is 1. The van der Waals surface area contributed by atoms with Crippen molar-refractivity contribution in [2.24, 2.45) is 5.41 Å². The molecule has 0 bridgehead atoms. The summed E-state index contributed by atoms with van der Waals surface area (Å²) in [6.45, 7) is 1.51. The Balaban J connectivity index is 2.06. The van der Waals surface area contributed by atoms with E-state index in [1.807, 2.05) is 29.6 Å². The zero-order valence-electron chi connectivity index (χ0n) is 13.4. The highest BCUT2D eigenvalue weighted by Crippen LogP contribution is 2.28. The van der Waals surface area contributed by atoms with E-state index in [0.717, 1.165) is 15.0 Å². The first-order valence-electron chi connectivity index (χ1n) is 7.28. The Kier molecular flexibility index (Phi) is 6.26. The van der Waals surface area contributed by atoms with Crippen molar-refractivity contribution in [3.05, 3.63) is 39.8 Å².